The minimum Gasteiger partial charge on any atom is -0.431 e. The van der Waals surface area contributed by atoms with Gasteiger partial charge in [0, 0.05) is 14.1 Å². The largest absolute Gasteiger partial charge is 0.431 e. The third kappa shape index (κ3) is 2.01. The topological polar surface area (TPSA) is 86.9 Å². The summed E-state index contributed by atoms with van der Waals surface area (Å²) in [6, 6.07) is -0.300. The number of nitrogens with zero attached hydrogens (tertiary/aromatic N) is 3. The molecule has 0 aromatic rings. The van der Waals surface area contributed by atoms with Gasteiger partial charge in [0.1, 0.15) is 18.2 Å². The Kier molecular flexibility index (Phi) is 3.08. The molecule has 2 heterocycles. The smallest absolute Gasteiger partial charge is 0.316 e. The summed E-state index contributed by atoms with van der Waals surface area (Å²) in [5.74, 6) is 0. The monoisotopic (exact) mass is 229 g/mol. The Morgan fingerprint density at radius 2 is 2.31 bits per heavy atom. The molecule has 16 heavy (non-hydrogen) atoms. The van der Waals surface area contributed by atoms with Crippen LogP contribution in [0.15, 0.2) is 9.98 Å². The zero-order valence-corrected chi connectivity index (χ0v) is 9.15. The number of hydrogen-bond donors (Lipinski definition) is 2. The van der Waals surface area contributed by atoms with Crippen LogP contribution in [0.5, 0.6) is 0 Å². The van der Waals surface area contributed by atoms with Gasteiger partial charge < -0.3 is 24.6 Å². The van der Waals surface area contributed by atoms with Crippen molar-refractivity contribution >= 4 is 12.4 Å². The van der Waals surface area contributed by atoms with Crippen molar-refractivity contribution in [1.82, 2.24) is 4.90 Å². The molecule has 0 saturated carbocycles. The highest BCUT2D eigenvalue weighted by atomic mass is 16.7. The second-order valence-corrected chi connectivity index (χ2v) is 3.94. The van der Waals surface area contributed by atoms with Gasteiger partial charge in [0.05, 0.1) is 12.9 Å². The first kappa shape index (κ1) is 11.3. The first-order valence-corrected chi connectivity index (χ1v) is 5.01. The second kappa shape index (κ2) is 4.36. The van der Waals surface area contributed by atoms with Crippen LogP contribution in [0.25, 0.3) is 0 Å². The van der Waals surface area contributed by atoms with E-state index in [0.717, 1.165) is 0 Å². The number of rotatable bonds is 2. The molecule has 0 bridgehead atoms. The van der Waals surface area contributed by atoms with Crippen molar-refractivity contribution in [2.75, 3.05) is 20.7 Å². The average Bonchev–Trinajstić information content (AvgIpc) is 2.75. The Balaban J connectivity index is 2.01. The molecule has 2 aliphatic rings. The molecule has 7 heteroatoms. The normalized spacial score (nSPS) is 37.4. The van der Waals surface area contributed by atoms with Gasteiger partial charge in [0.2, 0.25) is 6.29 Å². The number of aliphatic imine (C=N–C) groups is 2. The lowest BCUT2D eigenvalue weighted by Gasteiger charge is -2.11. The maximum atomic E-state index is 9.72. The summed E-state index contributed by atoms with van der Waals surface area (Å²) in [6.07, 6.45) is -0.558. The molecule has 7 nitrogen and oxygen atoms in total. The van der Waals surface area contributed by atoms with Gasteiger partial charge in [0.15, 0.2) is 0 Å². The summed E-state index contributed by atoms with van der Waals surface area (Å²) < 4.78 is 10.5. The Morgan fingerprint density at radius 3 is 2.88 bits per heavy atom. The number of fused-ring (bicyclic) bond motifs is 1. The third-order valence-electron chi connectivity index (χ3n) is 2.38. The van der Waals surface area contributed by atoms with E-state index in [9.17, 15) is 5.11 Å². The molecule has 1 fully saturated rings. The highest BCUT2D eigenvalue weighted by Crippen LogP contribution is 2.29. The quantitative estimate of drug-likeness (QED) is 0.440. The van der Waals surface area contributed by atoms with Crippen LogP contribution >= 0.6 is 0 Å². The Bertz CT molecular complexity index is 318. The fourth-order valence-corrected chi connectivity index (χ4v) is 1.59. The lowest BCUT2D eigenvalue weighted by molar-refractivity contribution is -0.0961. The van der Waals surface area contributed by atoms with Crippen molar-refractivity contribution in [2.45, 2.75) is 24.5 Å². The van der Waals surface area contributed by atoms with E-state index >= 15 is 0 Å². The SMILES string of the molecule is CN(C)/C=N\C1=N[C@@H]2[C@H](O1)O[C@H](CO)[C@H]2O. The molecule has 0 unspecified atom stereocenters. The Labute approximate surface area is 93.0 Å². The van der Waals surface area contributed by atoms with Crippen LogP contribution in [0.4, 0.5) is 0 Å². The number of aliphatic hydroxyl groups is 2. The van der Waals surface area contributed by atoms with Gasteiger partial charge in [-0.2, -0.15) is 4.99 Å². The Hall–Kier alpha value is -1.18. The minimum absolute atomic E-state index is 0.194. The average molecular weight is 229 g/mol. The van der Waals surface area contributed by atoms with E-state index in [2.05, 4.69) is 9.98 Å². The van der Waals surface area contributed by atoms with Crippen LogP contribution in [0.3, 0.4) is 0 Å². The van der Waals surface area contributed by atoms with E-state index in [1.807, 2.05) is 14.1 Å². The van der Waals surface area contributed by atoms with Crippen LogP contribution in [-0.4, -0.2) is 72.7 Å². The third-order valence-corrected chi connectivity index (χ3v) is 2.38. The van der Waals surface area contributed by atoms with Gasteiger partial charge in [-0.25, -0.2) is 4.99 Å². The molecule has 0 amide bonds. The summed E-state index contributed by atoms with van der Waals surface area (Å²) >= 11 is 0. The number of hydrogen-bond acceptors (Lipinski definition) is 6. The molecule has 2 rings (SSSR count). The molecule has 0 aliphatic carbocycles. The molecule has 90 valence electrons. The van der Waals surface area contributed by atoms with Crippen LogP contribution in [-0.2, 0) is 9.47 Å². The number of aliphatic hydroxyl groups excluding tert-OH is 2. The molecule has 2 aliphatic heterocycles. The van der Waals surface area contributed by atoms with E-state index < -0.39 is 24.5 Å². The van der Waals surface area contributed by atoms with Gasteiger partial charge in [-0.15, -0.1) is 0 Å². The van der Waals surface area contributed by atoms with Gasteiger partial charge in [-0.1, -0.05) is 0 Å². The molecular weight excluding hydrogens is 214 g/mol. The van der Waals surface area contributed by atoms with E-state index in [-0.39, 0.29) is 12.6 Å². The summed E-state index contributed by atoms with van der Waals surface area (Å²) in [4.78, 5) is 9.79. The molecular formula is C9H15N3O4. The van der Waals surface area contributed by atoms with E-state index in [4.69, 9.17) is 14.6 Å². The highest BCUT2D eigenvalue weighted by Gasteiger charge is 2.48. The van der Waals surface area contributed by atoms with E-state index in [1.165, 1.54) is 0 Å². The predicted molar refractivity (Wildman–Crippen MR) is 56.2 cm³/mol. The second-order valence-electron chi connectivity index (χ2n) is 3.94. The van der Waals surface area contributed by atoms with Crippen LogP contribution in [0.2, 0.25) is 0 Å². The van der Waals surface area contributed by atoms with Gasteiger partial charge >= 0.3 is 6.02 Å². The fourth-order valence-electron chi connectivity index (χ4n) is 1.59. The van der Waals surface area contributed by atoms with E-state index in [0.29, 0.717) is 0 Å². The maximum Gasteiger partial charge on any atom is 0.316 e. The molecule has 0 aromatic carbocycles. The van der Waals surface area contributed by atoms with Crippen LogP contribution in [0, 0.1) is 0 Å². The first-order valence-electron chi connectivity index (χ1n) is 5.01. The van der Waals surface area contributed by atoms with Crippen molar-refractivity contribution in [3.05, 3.63) is 0 Å². The minimum atomic E-state index is -0.845. The van der Waals surface area contributed by atoms with Gasteiger partial charge in [0.25, 0.3) is 0 Å². The van der Waals surface area contributed by atoms with Crippen molar-refractivity contribution < 1.29 is 19.7 Å². The van der Waals surface area contributed by atoms with Crippen LogP contribution < -0.4 is 0 Å². The molecule has 1 saturated heterocycles. The summed E-state index contributed by atoms with van der Waals surface area (Å²) in [5.41, 5.74) is 0. The lowest BCUT2D eigenvalue weighted by atomic mass is 10.1. The zero-order valence-electron chi connectivity index (χ0n) is 9.15. The predicted octanol–water partition coefficient (Wildman–Crippen LogP) is -1.59. The number of amidine groups is 1. The first-order chi connectivity index (χ1) is 7.61. The Morgan fingerprint density at radius 1 is 1.56 bits per heavy atom. The van der Waals surface area contributed by atoms with Crippen molar-refractivity contribution in [3.8, 4) is 0 Å². The molecule has 0 aromatic heterocycles. The van der Waals surface area contributed by atoms with Gasteiger partial charge in [-0.05, 0) is 0 Å². The zero-order chi connectivity index (χ0) is 11.7. The molecule has 4 atom stereocenters. The summed E-state index contributed by atoms with van der Waals surface area (Å²) in [7, 11) is 3.65. The standard InChI is InChI=1S/C9H15N3O4/c1-12(2)4-10-9-11-6-7(14)5(3-13)15-8(6)16-9/h4-8,13-14H,3H2,1-2H3/b10-4-/t5-,6+,7-,8+/m1/s1. The fraction of sp³-hybridized carbons (Fsp3) is 0.778. The van der Waals surface area contributed by atoms with E-state index in [1.54, 1.807) is 11.2 Å². The van der Waals surface area contributed by atoms with Crippen molar-refractivity contribution in [3.63, 3.8) is 0 Å². The summed E-state index contributed by atoms with van der Waals surface area (Å²) in [5, 5.41) is 18.6. The number of ether oxygens (including phenoxy) is 2. The van der Waals surface area contributed by atoms with Crippen molar-refractivity contribution in [2.24, 2.45) is 9.98 Å². The molecule has 2 N–H and O–H groups in total. The molecule has 0 radical (unpaired) electrons. The maximum absolute atomic E-state index is 9.72. The lowest BCUT2D eigenvalue weighted by Crippen LogP contribution is -2.31. The summed E-state index contributed by atoms with van der Waals surface area (Å²) in [6.45, 7) is -0.247. The van der Waals surface area contributed by atoms with Crippen molar-refractivity contribution in [1.29, 1.82) is 0 Å². The van der Waals surface area contributed by atoms with Crippen LogP contribution in [0.1, 0.15) is 0 Å². The molecule has 0 spiro atoms. The van der Waals surface area contributed by atoms with Gasteiger partial charge in [-0.3, -0.25) is 0 Å². The highest BCUT2D eigenvalue weighted by molar-refractivity contribution is 5.83.